The molecule has 0 bridgehead atoms. The summed E-state index contributed by atoms with van der Waals surface area (Å²) in [5.74, 6) is -1.28. The van der Waals surface area contributed by atoms with Gasteiger partial charge in [-0.3, -0.25) is 4.79 Å². The van der Waals surface area contributed by atoms with Gasteiger partial charge in [-0.1, -0.05) is 11.6 Å². The molecule has 1 amide bonds. The van der Waals surface area contributed by atoms with E-state index in [4.69, 9.17) is 25.8 Å². The number of hydrogen-bond donors (Lipinski definition) is 1. The van der Waals surface area contributed by atoms with Crippen molar-refractivity contribution in [2.24, 2.45) is 0 Å². The number of carbonyl (C=O) groups is 2. The van der Waals surface area contributed by atoms with Crippen LogP contribution in [0.1, 0.15) is 9.67 Å². The van der Waals surface area contributed by atoms with Crippen LogP contribution in [-0.2, 0) is 24.3 Å². The predicted octanol–water partition coefficient (Wildman–Crippen LogP) is 1.62. The molecule has 2 heterocycles. The van der Waals surface area contributed by atoms with Crippen LogP contribution in [0.2, 0.25) is 5.15 Å². The van der Waals surface area contributed by atoms with Gasteiger partial charge in [-0.25, -0.2) is 18.2 Å². The minimum Gasteiger partial charge on any atom is -0.495 e. The Labute approximate surface area is 181 Å². The SMILES string of the molecule is COc1ccc(NC(=O)COC(=O)c2scnc2Cl)cc1S(=O)(=O)N1CCOCC1. The van der Waals surface area contributed by atoms with Crippen LogP contribution in [0.5, 0.6) is 5.75 Å². The summed E-state index contributed by atoms with van der Waals surface area (Å²) in [5, 5.41) is 2.50. The van der Waals surface area contributed by atoms with Crippen molar-refractivity contribution in [2.45, 2.75) is 4.90 Å². The van der Waals surface area contributed by atoms with Gasteiger partial charge in [0.15, 0.2) is 16.6 Å². The fraction of sp³-hybridized carbons (Fsp3) is 0.353. The Morgan fingerprint density at radius 1 is 1.33 bits per heavy atom. The number of sulfonamides is 1. The maximum absolute atomic E-state index is 13.0. The third kappa shape index (κ3) is 5.08. The van der Waals surface area contributed by atoms with Gasteiger partial charge in [0.25, 0.3) is 5.91 Å². The molecule has 0 aliphatic carbocycles. The number of amides is 1. The first-order valence-electron chi connectivity index (χ1n) is 8.65. The molecule has 1 aromatic heterocycles. The van der Waals surface area contributed by atoms with Crippen molar-refractivity contribution in [1.29, 1.82) is 0 Å². The summed E-state index contributed by atoms with van der Waals surface area (Å²) in [5.41, 5.74) is 1.59. The third-order valence-corrected chi connectivity index (χ3v) is 7.20. The molecule has 30 heavy (non-hydrogen) atoms. The molecule has 0 unspecified atom stereocenters. The normalized spacial score (nSPS) is 14.9. The number of rotatable bonds is 7. The summed E-state index contributed by atoms with van der Waals surface area (Å²) >= 11 is 6.74. The molecule has 13 heteroatoms. The Morgan fingerprint density at radius 3 is 2.70 bits per heavy atom. The fourth-order valence-corrected chi connectivity index (χ4v) is 5.12. The average molecular weight is 476 g/mol. The number of esters is 1. The van der Waals surface area contributed by atoms with E-state index < -0.39 is 28.5 Å². The monoisotopic (exact) mass is 475 g/mol. The van der Waals surface area contributed by atoms with E-state index in [1.807, 2.05) is 0 Å². The molecule has 0 atom stereocenters. The van der Waals surface area contributed by atoms with Gasteiger partial charge in [0.1, 0.15) is 10.6 Å². The molecule has 10 nitrogen and oxygen atoms in total. The molecule has 1 aromatic carbocycles. The van der Waals surface area contributed by atoms with Crippen LogP contribution in [0.4, 0.5) is 5.69 Å². The van der Waals surface area contributed by atoms with Crippen LogP contribution in [0, 0.1) is 0 Å². The van der Waals surface area contributed by atoms with Crippen LogP contribution in [0.3, 0.4) is 0 Å². The van der Waals surface area contributed by atoms with Crippen LogP contribution in [0.25, 0.3) is 0 Å². The fourth-order valence-electron chi connectivity index (χ4n) is 2.64. The van der Waals surface area contributed by atoms with Gasteiger partial charge < -0.3 is 19.5 Å². The van der Waals surface area contributed by atoms with Gasteiger partial charge in [-0.15, -0.1) is 11.3 Å². The number of nitrogens with zero attached hydrogens (tertiary/aromatic N) is 2. The van der Waals surface area contributed by atoms with E-state index in [9.17, 15) is 18.0 Å². The molecule has 2 aromatic rings. The van der Waals surface area contributed by atoms with Gasteiger partial charge >= 0.3 is 5.97 Å². The molecule has 0 spiro atoms. The van der Waals surface area contributed by atoms with Crippen molar-refractivity contribution in [3.8, 4) is 5.75 Å². The topological polar surface area (TPSA) is 124 Å². The summed E-state index contributed by atoms with van der Waals surface area (Å²) in [6.45, 7) is 0.460. The van der Waals surface area contributed by atoms with Crippen molar-refractivity contribution < 1.29 is 32.2 Å². The number of methoxy groups -OCH3 is 1. The van der Waals surface area contributed by atoms with Gasteiger partial charge in [0.05, 0.1) is 25.8 Å². The number of benzene rings is 1. The zero-order valence-electron chi connectivity index (χ0n) is 15.8. The quantitative estimate of drug-likeness (QED) is 0.599. The smallest absolute Gasteiger partial charge is 0.352 e. The lowest BCUT2D eigenvalue weighted by Gasteiger charge is -2.26. The highest BCUT2D eigenvalue weighted by Crippen LogP contribution is 2.30. The summed E-state index contributed by atoms with van der Waals surface area (Å²) in [4.78, 5) is 27.8. The van der Waals surface area contributed by atoms with E-state index in [-0.39, 0.29) is 39.5 Å². The van der Waals surface area contributed by atoms with Crippen LogP contribution in [-0.4, -0.2) is 69.6 Å². The molecule has 1 N–H and O–H groups in total. The standard InChI is InChI=1S/C17H18ClN3O7S2/c1-26-12-3-2-11(8-13(12)30(24,25)21-4-6-27-7-5-21)20-14(22)9-28-17(23)15-16(18)19-10-29-15/h2-3,8,10H,4-7,9H2,1H3,(H,20,22). The molecule has 0 radical (unpaired) electrons. The number of aromatic nitrogens is 1. The molecule has 1 aliphatic heterocycles. The molecule has 162 valence electrons. The molecule has 0 saturated carbocycles. The Kier molecular flexibility index (Phi) is 7.26. The van der Waals surface area contributed by atoms with Crippen LogP contribution >= 0.6 is 22.9 Å². The van der Waals surface area contributed by atoms with E-state index in [1.54, 1.807) is 0 Å². The Morgan fingerprint density at radius 2 is 2.07 bits per heavy atom. The van der Waals surface area contributed by atoms with Gasteiger partial charge in [0.2, 0.25) is 10.0 Å². The first kappa shape index (κ1) is 22.4. The Balaban J connectivity index is 1.70. The zero-order valence-corrected chi connectivity index (χ0v) is 18.2. The minimum atomic E-state index is -3.85. The number of carbonyl (C=O) groups excluding carboxylic acids is 2. The number of ether oxygens (including phenoxy) is 3. The number of hydrogen-bond acceptors (Lipinski definition) is 9. The first-order valence-corrected chi connectivity index (χ1v) is 11.3. The summed E-state index contributed by atoms with van der Waals surface area (Å²) < 4.78 is 42.5. The minimum absolute atomic E-state index is 0.00137. The maximum Gasteiger partial charge on any atom is 0.352 e. The lowest BCUT2D eigenvalue weighted by molar-refractivity contribution is -0.119. The number of morpholine rings is 1. The molecular weight excluding hydrogens is 458 g/mol. The second-order valence-corrected chi connectivity index (χ2v) is 9.10. The number of anilines is 1. The van der Waals surface area contributed by atoms with E-state index in [1.165, 1.54) is 35.1 Å². The predicted molar refractivity (Wildman–Crippen MR) is 109 cm³/mol. The highest BCUT2D eigenvalue weighted by atomic mass is 35.5. The second kappa shape index (κ2) is 9.71. The van der Waals surface area contributed by atoms with Crippen molar-refractivity contribution in [2.75, 3.05) is 45.3 Å². The van der Waals surface area contributed by atoms with Crippen LogP contribution in [0.15, 0.2) is 28.6 Å². The van der Waals surface area contributed by atoms with E-state index in [0.717, 1.165) is 11.3 Å². The van der Waals surface area contributed by atoms with Gasteiger partial charge in [-0.2, -0.15) is 4.31 Å². The highest BCUT2D eigenvalue weighted by Gasteiger charge is 2.29. The highest BCUT2D eigenvalue weighted by molar-refractivity contribution is 7.89. The zero-order chi connectivity index (χ0) is 21.7. The Bertz CT molecular complexity index is 1040. The molecule has 1 aliphatic rings. The summed E-state index contributed by atoms with van der Waals surface area (Å²) in [6, 6.07) is 4.21. The largest absolute Gasteiger partial charge is 0.495 e. The van der Waals surface area contributed by atoms with Crippen LogP contribution < -0.4 is 10.1 Å². The lowest BCUT2D eigenvalue weighted by Crippen LogP contribution is -2.40. The summed E-state index contributed by atoms with van der Waals surface area (Å²) in [7, 11) is -2.49. The summed E-state index contributed by atoms with van der Waals surface area (Å²) in [6.07, 6.45) is 0. The van der Waals surface area contributed by atoms with Crippen molar-refractivity contribution in [1.82, 2.24) is 9.29 Å². The van der Waals surface area contributed by atoms with Crippen molar-refractivity contribution >= 4 is 50.5 Å². The Hall–Kier alpha value is -2.25. The van der Waals surface area contributed by atoms with Crippen molar-refractivity contribution in [3.05, 3.63) is 33.7 Å². The van der Waals surface area contributed by atoms with Gasteiger partial charge in [-0.05, 0) is 18.2 Å². The van der Waals surface area contributed by atoms with Crippen molar-refractivity contribution in [3.63, 3.8) is 0 Å². The molecule has 3 rings (SSSR count). The van der Waals surface area contributed by atoms with E-state index in [2.05, 4.69) is 10.3 Å². The molecule has 1 fully saturated rings. The molecule has 1 saturated heterocycles. The number of halogens is 1. The average Bonchev–Trinajstić information content (AvgIpc) is 3.18. The second-order valence-electron chi connectivity index (χ2n) is 5.98. The van der Waals surface area contributed by atoms with Gasteiger partial charge in [0, 0.05) is 18.8 Å². The first-order chi connectivity index (χ1) is 14.3. The van der Waals surface area contributed by atoms with E-state index >= 15 is 0 Å². The van der Waals surface area contributed by atoms with E-state index in [0.29, 0.717) is 13.2 Å². The number of thiazole rings is 1. The molecular formula is C17H18ClN3O7S2. The maximum atomic E-state index is 13.0. The number of nitrogens with one attached hydrogen (secondary N) is 1. The lowest BCUT2D eigenvalue weighted by atomic mass is 10.3. The third-order valence-electron chi connectivity index (χ3n) is 4.08.